The van der Waals surface area contributed by atoms with Crippen LogP contribution in [0.2, 0.25) is 0 Å². The van der Waals surface area contributed by atoms with Gasteiger partial charge in [-0.2, -0.15) is 0 Å². The molecule has 1 aliphatic rings. The third-order valence-electron chi connectivity index (χ3n) is 3.45. The predicted octanol–water partition coefficient (Wildman–Crippen LogP) is 2.03. The highest BCUT2D eigenvalue weighted by molar-refractivity contribution is 7.10. The number of likely N-dealkylation sites (tertiary alicyclic amines) is 1. The molecular formula is C15H20N2O2S. The lowest BCUT2D eigenvalue weighted by Crippen LogP contribution is -2.43. The second kappa shape index (κ2) is 7.32. The molecule has 1 aromatic heterocycles. The normalized spacial score (nSPS) is 15.6. The summed E-state index contributed by atoms with van der Waals surface area (Å²) in [5.74, 6) is 6.20. The van der Waals surface area contributed by atoms with Crippen molar-refractivity contribution in [2.75, 3.05) is 19.7 Å². The van der Waals surface area contributed by atoms with Gasteiger partial charge < -0.3 is 15.3 Å². The van der Waals surface area contributed by atoms with Crippen molar-refractivity contribution in [1.82, 2.24) is 10.2 Å². The smallest absolute Gasteiger partial charge is 0.317 e. The Morgan fingerprint density at radius 1 is 1.55 bits per heavy atom. The molecule has 5 heteroatoms. The van der Waals surface area contributed by atoms with Crippen LogP contribution in [-0.2, 0) is 6.54 Å². The lowest BCUT2D eigenvalue weighted by molar-refractivity contribution is 0.173. The minimum Gasteiger partial charge on any atom is -0.384 e. The van der Waals surface area contributed by atoms with Gasteiger partial charge in [-0.05, 0) is 24.8 Å². The summed E-state index contributed by atoms with van der Waals surface area (Å²) in [4.78, 5) is 15.0. The van der Waals surface area contributed by atoms with E-state index in [1.165, 1.54) is 0 Å². The average Bonchev–Trinajstić information content (AvgIpc) is 2.91. The van der Waals surface area contributed by atoms with Crippen LogP contribution >= 0.6 is 11.3 Å². The number of amides is 2. The lowest BCUT2D eigenvalue weighted by atomic mass is 10.00. The van der Waals surface area contributed by atoms with Gasteiger partial charge in [0.15, 0.2) is 0 Å². The van der Waals surface area contributed by atoms with Crippen molar-refractivity contribution >= 4 is 17.4 Å². The highest BCUT2D eigenvalue weighted by atomic mass is 32.1. The molecule has 2 rings (SSSR count). The van der Waals surface area contributed by atoms with Crippen LogP contribution in [0.15, 0.2) is 11.4 Å². The minimum atomic E-state index is -0.130. The standard InChI is InChI=1S/C15H20N2O2S/c1-12-4-6-17(7-5-12)15(19)16-10-14-9-13(11-20-14)3-2-8-18/h9,11-12,18H,4-8,10H2,1H3,(H,16,19). The molecule has 2 N–H and O–H groups in total. The number of thiophene rings is 1. The monoisotopic (exact) mass is 292 g/mol. The number of aliphatic hydroxyl groups excluding tert-OH is 1. The molecule has 2 heterocycles. The number of piperidine rings is 1. The van der Waals surface area contributed by atoms with Crippen molar-refractivity contribution in [1.29, 1.82) is 0 Å². The lowest BCUT2D eigenvalue weighted by Gasteiger charge is -2.30. The van der Waals surface area contributed by atoms with E-state index in [4.69, 9.17) is 5.11 Å². The molecule has 4 nitrogen and oxygen atoms in total. The highest BCUT2D eigenvalue weighted by Crippen LogP contribution is 2.17. The Balaban J connectivity index is 1.79. The first-order valence-corrected chi connectivity index (χ1v) is 7.77. The van der Waals surface area contributed by atoms with Crippen molar-refractivity contribution in [3.8, 4) is 11.8 Å². The van der Waals surface area contributed by atoms with E-state index >= 15 is 0 Å². The van der Waals surface area contributed by atoms with Crippen LogP contribution in [0.4, 0.5) is 4.79 Å². The van der Waals surface area contributed by atoms with Crippen LogP contribution in [0.3, 0.4) is 0 Å². The molecule has 0 saturated carbocycles. The molecule has 1 aromatic rings. The van der Waals surface area contributed by atoms with E-state index in [-0.39, 0.29) is 12.6 Å². The topological polar surface area (TPSA) is 52.6 Å². The van der Waals surface area contributed by atoms with Gasteiger partial charge in [-0.25, -0.2) is 4.79 Å². The van der Waals surface area contributed by atoms with Crippen LogP contribution in [-0.4, -0.2) is 35.7 Å². The molecule has 0 atom stereocenters. The largest absolute Gasteiger partial charge is 0.384 e. The third kappa shape index (κ3) is 4.26. The molecule has 1 fully saturated rings. The van der Waals surface area contributed by atoms with Crippen LogP contribution in [0.1, 0.15) is 30.2 Å². The summed E-state index contributed by atoms with van der Waals surface area (Å²) >= 11 is 1.57. The molecule has 1 aliphatic heterocycles. The molecular weight excluding hydrogens is 272 g/mol. The molecule has 0 aliphatic carbocycles. The van der Waals surface area contributed by atoms with E-state index in [9.17, 15) is 4.79 Å². The van der Waals surface area contributed by atoms with Crippen molar-refractivity contribution in [2.24, 2.45) is 5.92 Å². The van der Waals surface area contributed by atoms with Crippen molar-refractivity contribution in [3.05, 3.63) is 21.9 Å². The third-order valence-corrected chi connectivity index (χ3v) is 4.39. The quantitative estimate of drug-likeness (QED) is 0.820. The zero-order chi connectivity index (χ0) is 14.4. The van der Waals surface area contributed by atoms with E-state index in [0.717, 1.165) is 42.3 Å². The fraction of sp³-hybridized carbons (Fsp3) is 0.533. The Kier molecular flexibility index (Phi) is 5.45. The predicted molar refractivity (Wildman–Crippen MR) is 80.5 cm³/mol. The highest BCUT2D eigenvalue weighted by Gasteiger charge is 2.19. The molecule has 0 unspecified atom stereocenters. The second-order valence-corrected chi connectivity index (χ2v) is 6.09. The molecule has 2 amide bonds. The number of rotatable bonds is 2. The molecule has 20 heavy (non-hydrogen) atoms. The number of urea groups is 1. The van der Waals surface area contributed by atoms with Crippen LogP contribution in [0.5, 0.6) is 0 Å². The van der Waals surface area contributed by atoms with Gasteiger partial charge in [0.25, 0.3) is 0 Å². The van der Waals surface area contributed by atoms with Crippen LogP contribution in [0, 0.1) is 17.8 Å². The summed E-state index contributed by atoms with van der Waals surface area (Å²) in [6.45, 7) is 4.34. The maximum absolute atomic E-state index is 12.0. The first-order chi connectivity index (χ1) is 9.69. The summed E-state index contributed by atoms with van der Waals surface area (Å²) in [6.07, 6.45) is 2.18. The first-order valence-electron chi connectivity index (χ1n) is 6.89. The van der Waals surface area contributed by atoms with Crippen molar-refractivity contribution < 1.29 is 9.90 Å². The number of hydrogen-bond donors (Lipinski definition) is 2. The van der Waals surface area contributed by atoms with E-state index < -0.39 is 0 Å². The Morgan fingerprint density at radius 3 is 3.00 bits per heavy atom. The summed E-state index contributed by atoms with van der Waals surface area (Å²) in [6, 6.07) is 1.97. The molecule has 108 valence electrons. The maximum Gasteiger partial charge on any atom is 0.317 e. The number of carbonyl (C=O) groups excluding carboxylic acids is 1. The molecule has 0 aromatic carbocycles. The van der Waals surface area contributed by atoms with Gasteiger partial charge in [0.05, 0.1) is 6.54 Å². The molecule has 0 radical (unpaired) electrons. The zero-order valence-corrected chi connectivity index (χ0v) is 12.5. The van der Waals surface area contributed by atoms with Gasteiger partial charge >= 0.3 is 6.03 Å². The SMILES string of the molecule is CC1CCN(C(=O)NCc2cc(C#CCO)cs2)CC1. The second-order valence-electron chi connectivity index (χ2n) is 5.09. The molecule has 0 spiro atoms. The number of nitrogens with zero attached hydrogens (tertiary/aromatic N) is 1. The maximum atomic E-state index is 12.0. The van der Waals surface area contributed by atoms with Gasteiger partial charge in [0, 0.05) is 28.9 Å². The van der Waals surface area contributed by atoms with Crippen molar-refractivity contribution in [2.45, 2.75) is 26.3 Å². The molecule has 1 saturated heterocycles. The van der Waals surface area contributed by atoms with Crippen molar-refractivity contribution in [3.63, 3.8) is 0 Å². The Labute approximate surface area is 123 Å². The average molecular weight is 292 g/mol. The number of carbonyl (C=O) groups is 1. The van der Waals surface area contributed by atoms with E-state index in [2.05, 4.69) is 24.1 Å². The van der Waals surface area contributed by atoms with E-state index in [1.54, 1.807) is 11.3 Å². The summed E-state index contributed by atoms with van der Waals surface area (Å²) in [7, 11) is 0. The Bertz CT molecular complexity index is 507. The van der Waals surface area contributed by atoms with Crippen LogP contribution in [0.25, 0.3) is 0 Å². The van der Waals surface area contributed by atoms with E-state index in [0.29, 0.717) is 6.54 Å². The summed E-state index contributed by atoms with van der Waals surface area (Å²) in [5.41, 5.74) is 0.889. The van der Waals surface area contributed by atoms with Gasteiger partial charge in [-0.3, -0.25) is 0 Å². The van der Waals surface area contributed by atoms with Gasteiger partial charge in [0.1, 0.15) is 6.61 Å². The summed E-state index contributed by atoms with van der Waals surface area (Å²) < 4.78 is 0. The fourth-order valence-corrected chi connectivity index (χ4v) is 2.92. The number of aliphatic hydroxyl groups is 1. The minimum absolute atomic E-state index is 0.0216. The number of hydrogen-bond acceptors (Lipinski definition) is 3. The first kappa shape index (κ1) is 14.9. The van der Waals surface area contributed by atoms with Gasteiger partial charge in [-0.15, -0.1) is 11.3 Å². The Morgan fingerprint density at radius 2 is 2.30 bits per heavy atom. The number of nitrogens with one attached hydrogen (secondary N) is 1. The fourth-order valence-electron chi connectivity index (χ4n) is 2.17. The van der Waals surface area contributed by atoms with Gasteiger partial charge in [0.2, 0.25) is 0 Å². The Hall–Kier alpha value is -1.51. The van der Waals surface area contributed by atoms with E-state index in [1.807, 2.05) is 16.3 Å². The van der Waals surface area contributed by atoms with Gasteiger partial charge in [-0.1, -0.05) is 18.8 Å². The van der Waals surface area contributed by atoms with Crippen LogP contribution < -0.4 is 5.32 Å². The molecule has 0 bridgehead atoms. The zero-order valence-electron chi connectivity index (χ0n) is 11.7. The summed E-state index contributed by atoms with van der Waals surface area (Å²) in [5, 5.41) is 13.5.